The number of rotatable bonds is 1. The summed E-state index contributed by atoms with van der Waals surface area (Å²) in [5.74, 6) is 0. The summed E-state index contributed by atoms with van der Waals surface area (Å²) < 4.78 is 39.0. The van der Waals surface area contributed by atoms with Gasteiger partial charge in [-0.25, -0.2) is 14.2 Å². The first-order chi connectivity index (χ1) is 10.7. The normalized spacial score (nSPS) is 12.0. The fraction of sp³-hybridized carbons (Fsp3) is 0.0909. The molecule has 0 fully saturated rings. The van der Waals surface area contributed by atoms with Crippen molar-refractivity contribution in [2.24, 2.45) is 0 Å². The summed E-state index contributed by atoms with van der Waals surface area (Å²) in [6.07, 6.45) is -4.75. The van der Waals surface area contributed by atoms with Crippen molar-refractivity contribution >= 4 is 39.5 Å². The minimum Gasteiger partial charge on any atom is -0.245 e. The van der Waals surface area contributed by atoms with Gasteiger partial charge in [-0.05, 0) is 18.2 Å². The lowest BCUT2D eigenvalue weighted by Gasteiger charge is -2.05. The Hall–Kier alpha value is -1.91. The molecule has 0 saturated carbocycles. The highest BCUT2D eigenvalue weighted by molar-refractivity contribution is 7.16. The molecule has 6 nitrogen and oxygen atoms in total. The summed E-state index contributed by atoms with van der Waals surface area (Å²) >= 11 is 11.7. The van der Waals surface area contributed by atoms with Crippen LogP contribution in [-0.2, 0) is 6.18 Å². The van der Waals surface area contributed by atoms with Gasteiger partial charge in [0.2, 0.25) is 9.97 Å². The van der Waals surface area contributed by atoms with E-state index in [1.54, 1.807) is 0 Å². The molecule has 120 valence electrons. The topological polar surface area (TPSA) is 69.3 Å². The lowest BCUT2D eigenvalue weighted by Crippen LogP contribution is -2.38. The second-order valence-corrected chi connectivity index (χ2v) is 6.07. The van der Waals surface area contributed by atoms with Crippen LogP contribution in [0.5, 0.6) is 0 Å². The third kappa shape index (κ3) is 2.84. The highest BCUT2D eigenvalue weighted by Gasteiger charge is 2.36. The Kier molecular flexibility index (Phi) is 3.69. The monoisotopic (exact) mass is 382 g/mol. The number of hydrogen-bond acceptors (Lipinski definition) is 5. The molecule has 1 aromatic carbocycles. The van der Waals surface area contributed by atoms with Gasteiger partial charge in [0.15, 0.2) is 0 Å². The first-order valence-corrected chi connectivity index (χ1v) is 7.30. The molecular weight excluding hydrogens is 380 g/mol. The van der Waals surface area contributed by atoms with Gasteiger partial charge in [-0.15, -0.1) is 5.10 Å². The third-order valence-corrected chi connectivity index (χ3v) is 4.05. The summed E-state index contributed by atoms with van der Waals surface area (Å²) in [6, 6.07) is 3.87. The van der Waals surface area contributed by atoms with Crippen LogP contribution in [0.2, 0.25) is 10.0 Å². The maximum atomic E-state index is 12.7. The molecule has 0 aliphatic carbocycles. The van der Waals surface area contributed by atoms with Gasteiger partial charge in [-0.2, -0.15) is 22.7 Å². The summed E-state index contributed by atoms with van der Waals surface area (Å²) in [5.41, 5.74) is -2.20. The maximum Gasteiger partial charge on any atom is 0.445 e. The molecule has 0 spiro atoms. The molecule has 2 heterocycles. The molecule has 0 atom stereocenters. The zero-order chi connectivity index (χ0) is 16.9. The van der Waals surface area contributed by atoms with E-state index in [4.69, 9.17) is 23.2 Å². The number of benzene rings is 1. The van der Waals surface area contributed by atoms with E-state index in [0.29, 0.717) is 9.08 Å². The van der Waals surface area contributed by atoms with Crippen LogP contribution >= 0.6 is 34.5 Å². The number of halogens is 5. The Morgan fingerprint density at radius 1 is 1.09 bits per heavy atom. The molecule has 0 amide bonds. The van der Waals surface area contributed by atoms with Crippen molar-refractivity contribution in [3.63, 3.8) is 0 Å². The summed E-state index contributed by atoms with van der Waals surface area (Å²) in [7, 11) is 0. The van der Waals surface area contributed by atoms with E-state index in [9.17, 15) is 22.8 Å². The molecule has 0 aliphatic heterocycles. The predicted molar refractivity (Wildman–Crippen MR) is 77.8 cm³/mol. The molecule has 3 rings (SSSR count). The van der Waals surface area contributed by atoms with Crippen LogP contribution in [0.25, 0.3) is 10.6 Å². The molecule has 0 aliphatic rings. The van der Waals surface area contributed by atoms with Crippen LogP contribution in [0.4, 0.5) is 13.2 Å². The minimum atomic E-state index is -4.75. The van der Waals surface area contributed by atoms with Crippen LogP contribution in [0.3, 0.4) is 0 Å². The highest BCUT2D eigenvalue weighted by Crippen LogP contribution is 2.31. The molecule has 0 bridgehead atoms. The Labute approximate surface area is 138 Å². The van der Waals surface area contributed by atoms with Gasteiger partial charge < -0.3 is 0 Å². The SMILES string of the molecule is O=c1nc2sc(C(F)(F)F)nn2c(=O)n1-c1cc(Cl)cc(Cl)c1. The molecule has 0 unspecified atom stereocenters. The number of alkyl halides is 3. The fourth-order valence-corrected chi connectivity index (χ4v) is 3.05. The Balaban J connectivity index is 2.34. The molecular formula is C11H3Cl2F3N4O2S. The van der Waals surface area contributed by atoms with Crippen molar-refractivity contribution in [3.8, 4) is 5.69 Å². The second kappa shape index (κ2) is 5.32. The van der Waals surface area contributed by atoms with Crippen LogP contribution in [-0.4, -0.2) is 19.2 Å². The second-order valence-electron chi connectivity index (χ2n) is 4.24. The summed E-state index contributed by atoms with van der Waals surface area (Å²) in [5, 5.41) is 2.15. The minimum absolute atomic E-state index is 0.0269. The first kappa shape index (κ1) is 16.0. The molecule has 12 heteroatoms. The quantitative estimate of drug-likeness (QED) is 0.648. The van der Waals surface area contributed by atoms with Crippen molar-refractivity contribution in [1.82, 2.24) is 19.2 Å². The van der Waals surface area contributed by atoms with Gasteiger partial charge in [0.1, 0.15) is 0 Å². The zero-order valence-corrected chi connectivity index (χ0v) is 13.0. The van der Waals surface area contributed by atoms with Gasteiger partial charge in [0, 0.05) is 10.0 Å². The van der Waals surface area contributed by atoms with E-state index < -0.39 is 27.5 Å². The van der Waals surface area contributed by atoms with E-state index in [2.05, 4.69) is 10.1 Å². The lowest BCUT2D eigenvalue weighted by atomic mass is 10.3. The van der Waals surface area contributed by atoms with E-state index in [1.807, 2.05) is 0 Å². The fourth-order valence-electron chi connectivity index (χ4n) is 1.79. The van der Waals surface area contributed by atoms with Crippen molar-refractivity contribution in [2.45, 2.75) is 6.18 Å². The largest absolute Gasteiger partial charge is 0.445 e. The smallest absolute Gasteiger partial charge is 0.245 e. The highest BCUT2D eigenvalue weighted by atomic mass is 35.5. The van der Waals surface area contributed by atoms with E-state index >= 15 is 0 Å². The maximum absolute atomic E-state index is 12.7. The molecule has 3 aromatic rings. The average Bonchev–Trinajstić information content (AvgIpc) is 2.81. The van der Waals surface area contributed by atoms with Gasteiger partial charge in [-0.3, -0.25) is 0 Å². The third-order valence-electron chi connectivity index (χ3n) is 2.66. The van der Waals surface area contributed by atoms with Gasteiger partial charge in [0.25, 0.3) is 0 Å². The summed E-state index contributed by atoms with van der Waals surface area (Å²) in [4.78, 5) is 27.3. The zero-order valence-electron chi connectivity index (χ0n) is 10.6. The van der Waals surface area contributed by atoms with E-state index in [-0.39, 0.29) is 27.1 Å². The van der Waals surface area contributed by atoms with E-state index in [0.717, 1.165) is 0 Å². The number of fused-ring (bicyclic) bond motifs is 1. The Bertz CT molecular complexity index is 1020. The van der Waals surface area contributed by atoms with Crippen LogP contribution < -0.4 is 11.4 Å². The molecule has 0 N–H and O–H groups in total. The lowest BCUT2D eigenvalue weighted by molar-refractivity contribution is -0.138. The van der Waals surface area contributed by atoms with Crippen LogP contribution in [0.1, 0.15) is 5.01 Å². The molecule has 0 radical (unpaired) electrons. The summed E-state index contributed by atoms with van der Waals surface area (Å²) in [6.45, 7) is 0. The van der Waals surface area contributed by atoms with Crippen molar-refractivity contribution in [2.75, 3.05) is 0 Å². The van der Waals surface area contributed by atoms with Crippen LogP contribution in [0.15, 0.2) is 27.8 Å². The van der Waals surface area contributed by atoms with Crippen molar-refractivity contribution in [3.05, 3.63) is 54.2 Å². The van der Waals surface area contributed by atoms with Crippen LogP contribution in [0, 0.1) is 0 Å². The van der Waals surface area contributed by atoms with Crippen molar-refractivity contribution < 1.29 is 13.2 Å². The van der Waals surface area contributed by atoms with Gasteiger partial charge in [0.05, 0.1) is 5.69 Å². The Morgan fingerprint density at radius 2 is 1.70 bits per heavy atom. The average molecular weight is 383 g/mol. The number of nitrogens with zero attached hydrogens (tertiary/aromatic N) is 4. The Morgan fingerprint density at radius 3 is 2.26 bits per heavy atom. The van der Waals surface area contributed by atoms with Crippen molar-refractivity contribution in [1.29, 1.82) is 0 Å². The predicted octanol–water partition coefficient (Wildman–Crippen LogP) is 2.63. The molecule has 2 aromatic heterocycles. The number of aromatic nitrogens is 4. The van der Waals surface area contributed by atoms with E-state index in [1.165, 1.54) is 18.2 Å². The molecule has 23 heavy (non-hydrogen) atoms. The first-order valence-electron chi connectivity index (χ1n) is 5.73. The number of hydrogen-bond donors (Lipinski definition) is 0. The molecule has 0 saturated heterocycles. The van der Waals surface area contributed by atoms with Gasteiger partial charge in [-0.1, -0.05) is 34.5 Å². The standard InChI is InChI=1S/C11H3Cl2F3N4O2S/c12-4-1-5(13)3-6(2-4)19-8(21)17-9-20(10(19)22)18-7(23-9)11(14,15)16/h1-3H. The van der Waals surface area contributed by atoms with Gasteiger partial charge >= 0.3 is 17.6 Å².